The number of fused-ring (bicyclic) bond motifs is 5. The average Bonchev–Trinajstić information content (AvgIpc) is 2.86. The van der Waals surface area contributed by atoms with Crippen molar-refractivity contribution in [1.82, 2.24) is 0 Å². The maximum Gasteiger partial charge on any atom is 0.190 e. The van der Waals surface area contributed by atoms with Gasteiger partial charge < -0.3 is 15.3 Å². The second-order valence-corrected chi connectivity index (χ2v) is 10.4. The number of carbonyl (C=O) groups is 2. The fraction of sp³-hybridized carbons (Fsp3) is 0.727. The largest absolute Gasteiger partial charge is 0.390 e. The van der Waals surface area contributed by atoms with Gasteiger partial charge in [0.15, 0.2) is 17.2 Å². The number of aliphatic hydroxyl groups excluding tert-OH is 2. The Kier molecular flexibility index (Phi) is 4.54. The molecule has 9 atom stereocenters. The molecule has 3 N–H and O–H groups in total. The molecule has 4 aliphatic rings. The Morgan fingerprint density at radius 3 is 2.59 bits per heavy atom. The SMILES string of the molecule is CC1CC2C3CC(Cl)C4=CC(=O)C=CC4(C)C3(F)C(O)CC2(C)C1(O)C(=O)CO. The van der Waals surface area contributed by atoms with Gasteiger partial charge in [0.05, 0.1) is 11.5 Å². The number of halogens is 2. The van der Waals surface area contributed by atoms with Crippen LogP contribution >= 0.6 is 11.6 Å². The van der Waals surface area contributed by atoms with Crippen molar-refractivity contribution in [3.63, 3.8) is 0 Å². The topological polar surface area (TPSA) is 94.8 Å². The molecule has 0 amide bonds. The van der Waals surface area contributed by atoms with Gasteiger partial charge in [0.1, 0.15) is 12.2 Å². The Labute approximate surface area is 174 Å². The van der Waals surface area contributed by atoms with Crippen molar-refractivity contribution in [3.8, 4) is 0 Å². The Morgan fingerprint density at radius 2 is 1.97 bits per heavy atom. The summed E-state index contributed by atoms with van der Waals surface area (Å²) in [4.78, 5) is 24.5. The quantitative estimate of drug-likeness (QED) is 0.588. The first kappa shape index (κ1) is 21.2. The zero-order chi connectivity index (χ0) is 21.6. The zero-order valence-corrected chi connectivity index (χ0v) is 17.6. The van der Waals surface area contributed by atoms with Crippen LogP contribution in [0, 0.1) is 28.6 Å². The molecule has 3 fully saturated rings. The lowest BCUT2D eigenvalue weighted by Crippen LogP contribution is -2.70. The summed E-state index contributed by atoms with van der Waals surface area (Å²) in [7, 11) is 0. The van der Waals surface area contributed by atoms with Gasteiger partial charge in [-0.2, -0.15) is 0 Å². The van der Waals surface area contributed by atoms with Crippen LogP contribution in [-0.4, -0.2) is 56.2 Å². The van der Waals surface area contributed by atoms with Crippen molar-refractivity contribution in [2.45, 2.75) is 62.8 Å². The highest BCUT2D eigenvalue weighted by molar-refractivity contribution is 6.23. The van der Waals surface area contributed by atoms with E-state index in [2.05, 4.69) is 0 Å². The molecular weight excluding hydrogens is 399 g/mol. The molecule has 5 nitrogen and oxygen atoms in total. The van der Waals surface area contributed by atoms with Gasteiger partial charge in [0, 0.05) is 16.7 Å². The van der Waals surface area contributed by atoms with Crippen LogP contribution in [0.1, 0.15) is 40.0 Å². The predicted molar refractivity (Wildman–Crippen MR) is 105 cm³/mol. The van der Waals surface area contributed by atoms with Gasteiger partial charge in [0.25, 0.3) is 0 Å². The minimum Gasteiger partial charge on any atom is -0.390 e. The van der Waals surface area contributed by atoms with Gasteiger partial charge in [-0.3, -0.25) is 9.59 Å². The lowest BCUT2D eigenvalue weighted by Gasteiger charge is -2.63. The van der Waals surface area contributed by atoms with E-state index in [1.165, 1.54) is 18.2 Å². The number of hydrogen-bond acceptors (Lipinski definition) is 5. The van der Waals surface area contributed by atoms with E-state index in [4.69, 9.17) is 11.6 Å². The first-order chi connectivity index (χ1) is 13.4. The summed E-state index contributed by atoms with van der Waals surface area (Å²) in [5.74, 6) is -2.55. The summed E-state index contributed by atoms with van der Waals surface area (Å²) in [5, 5.41) is 31.5. The van der Waals surface area contributed by atoms with Crippen molar-refractivity contribution >= 4 is 23.2 Å². The van der Waals surface area contributed by atoms with Gasteiger partial charge in [-0.05, 0) is 55.7 Å². The second-order valence-electron chi connectivity index (χ2n) is 9.84. The molecule has 0 aliphatic heterocycles. The Morgan fingerprint density at radius 1 is 1.31 bits per heavy atom. The average molecular weight is 427 g/mol. The number of rotatable bonds is 2. The molecule has 0 aromatic carbocycles. The molecule has 0 heterocycles. The van der Waals surface area contributed by atoms with Crippen LogP contribution < -0.4 is 0 Å². The first-order valence-corrected chi connectivity index (χ1v) is 10.6. The summed E-state index contributed by atoms with van der Waals surface area (Å²) in [6, 6.07) is 0. The van der Waals surface area contributed by atoms with Gasteiger partial charge in [0.2, 0.25) is 0 Å². The lowest BCUT2D eigenvalue weighted by atomic mass is 9.44. The molecule has 4 aliphatic carbocycles. The summed E-state index contributed by atoms with van der Waals surface area (Å²) in [6.07, 6.45) is 3.22. The Balaban J connectivity index is 1.87. The zero-order valence-electron chi connectivity index (χ0n) is 16.9. The molecule has 160 valence electrons. The first-order valence-electron chi connectivity index (χ1n) is 10.2. The van der Waals surface area contributed by atoms with E-state index >= 15 is 4.39 Å². The van der Waals surface area contributed by atoms with Crippen molar-refractivity contribution in [2.24, 2.45) is 28.6 Å². The van der Waals surface area contributed by atoms with Crippen LogP contribution in [0.25, 0.3) is 0 Å². The molecule has 0 saturated heterocycles. The summed E-state index contributed by atoms with van der Waals surface area (Å²) < 4.78 is 17.0. The van der Waals surface area contributed by atoms with E-state index in [1.54, 1.807) is 20.8 Å². The highest BCUT2D eigenvalue weighted by Gasteiger charge is 2.76. The maximum absolute atomic E-state index is 17.0. The van der Waals surface area contributed by atoms with Crippen LogP contribution in [0.4, 0.5) is 4.39 Å². The third-order valence-electron chi connectivity index (χ3n) is 8.78. The van der Waals surface area contributed by atoms with E-state index in [0.29, 0.717) is 12.0 Å². The molecule has 0 aromatic heterocycles. The number of alkyl halides is 2. The smallest absolute Gasteiger partial charge is 0.190 e. The van der Waals surface area contributed by atoms with Crippen LogP contribution in [-0.2, 0) is 9.59 Å². The summed E-state index contributed by atoms with van der Waals surface area (Å²) in [6.45, 7) is 4.31. The van der Waals surface area contributed by atoms with E-state index < -0.39 is 63.7 Å². The van der Waals surface area contributed by atoms with E-state index in [9.17, 15) is 24.9 Å². The van der Waals surface area contributed by atoms with Crippen LogP contribution in [0.5, 0.6) is 0 Å². The highest BCUT2D eigenvalue weighted by atomic mass is 35.5. The molecule has 9 unspecified atom stereocenters. The van der Waals surface area contributed by atoms with Crippen LogP contribution in [0.3, 0.4) is 0 Å². The summed E-state index contributed by atoms with van der Waals surface area (Å²) in [5.41, 5.74) is -5.79. The van der Waals surface area contributed by atoms with Crippen LogP contribution in [0.2, 0.25) is 0 Å². The minimum atomic E-state index is -2.08. The molecule has 0 radical (unpaired) electrons. The van der Waals surface area contributed by atoms with E-state index in [-0.39, 0.29) is 18.6 Å². The number of aliphatic hydroxyl groups is 3. The maximum atomic E-state index is 17.0. The number of ketones is 2. The monoisotopic (exact) mass is 426 g/mol. The highest BCUT2D eigenvalue weighted by Crippen LogP contribution is 2.71. The Bertz CT molecular complexity index is 841. The molecule has 29 heavy (non-hydrogen) atoms. The van der Waals surface area contributed by atoms with E-state index in [0.717, 1.165) is 0 Å². The van der Waals surface area contributed by atoms with Crippen molar-refractivity contribution < 1.29 is 29.3 Å². The van der Waals surface area contributed by atoms with Gasteiger partial charge in [-0.25, -0.2) is 4.39 Å². The third kappa shape index (κ3) is 2.26. The fourth-order valence-corrected chi connectivity index (χ4v) is 7.74. The van der Waals surface area contributed by atoms with Crippen molar-refractivity contribution in [3.05, 3.63) is 23.8 Å². The Hall–Kier alpha value is -1.08. The van der Waals surface area contributed by atoms with Gasteiger partial charge >= 0.3 is 0 Å². The normalized spacial score (nSPS) is 53.7. The van der Waals surface area contributed by atoms with Crippen molar-refractivity contribution in [1.29, 1.82) is 0 Å². The third-order valence-corrected chi connectivity index (χ3v) is 9.19. The number of allylic oxidation sites excluding steroid dienone is 4. The second kappa shape index (κ2) is 6.22. The van der Waals surface area contributed by atoms with Crippen molar-refractivity contribution in [2.75, 3.05) is 6.61 Å². The summed E-state index contributed by atoms with van der Waals surface area (Å²) >= 11 is 6.64. The number of carbonyl (C=O) groups excluding carboxylic acids is 2. The standard InChI is InChI=1S/C22H28ClFO5/c1-11-6-13-14-8-16(23)15-7-12(26)4-5-19(15,2)21(14,24)17(27)9-20(13,3)22(11,29)18(28)10-25/h4-5,7,11,13-14,16-17,25,27,29H,6,8-10H2,1-3H3. The van der Waals surface area contributed by atoms with Crippen LogP contribution in [0.15, 0.2) is 23.8 Å². The minimum absolute atomic E-state index is 0.116. The predicted octanol–water partition coefficient (Wildman–Crippen LogP) is 2.11. The fourth-order valence-electron chi connectivity index (χ4n) is 7.25. The lowest BCUT2D eigenvalue weighted by molar-refractivity contribution is -0.219. The molecule has 3 saturated carbocycles. The molecule has 0 aromatic rings. The molecule has 0 spiro atoms. The molecule has 0 bridgehead atoms. The van der Waals surface area contributed by atoms with E-state index in [1.807, 2.05) is 0 Å². The number of hydrogen-bond donors (Lipinski definition) is 3. The number of Topliss-reactive ketones (excluding diaryl/α,β-unsaturated/α-hetero) is 1. The van der Waals surface area contributed by atoms with Gasteiger partial charge in [-0.15, -0.1) is 11.6 Å². The molecular formula is C22H28ClFO5. The molecule has 7 heteroatoms. The van der Waals surface area contributed by atoms with Gasteiger partial charge in [-0.1, -0.05) is 19.9 Å². The molecule has 4 rings (SSSR count).